The number of aromatic nitrogens is 2. The molecule has 0 spiro atoms. The monoisotopic (exact) mass is 312 g/mol. The minimum Gasteiger partial charge on any atom is -0.388 e. The van der Waals surface area contributed by atoms with Gasteiger partial charge in [0.15, 0.2) is 0 Å². The van der Waals surface area contributed by atoms with Crippen LogP contribution >= 0.6 is 0 Å². The Balaban J connectivity index is 2.22. The van der Waals surface area contributed by atoms with Gasteiger partial charge < -0.3 is 19.9 Å². The van der Waals surface area contributed by atoms with Crippen LogP contribution in [0.3, 0.4) is 0 Å². The highest BCUT2D eigenvalue weighted by Crippen LogP contribution is 2.35. The maximum atomic E-state index is 12.1. The van der Waals surface area contributed by atoms with Crippen LogP contribution in [-0.2, 0) is 11.8 Å². The highest BCUT2D eigenvalue weighted by atomic mass is 16.5. The van der Waals surface area contributed by atoms with E-state index in [9.17, 15) is 19.8 Å². The van der Waals surface area contributed by atoms with Crippen LogP contribution in [0.15, 0.2) is 15.8 Å². The maximum Gasteiger partial charge on any atom is 0.328 e. The summed E-state index contributed by atoms with van der Waals surface area (Å²) in [5.41, 5.74) is -0.906. The first-order valence-corrected chi connectivity index (χ1v) is 7.67. The fourth-order valence-corrected chi connectivity index (χ4v) is 3.00. The van der Waals surface area contributed by atoms with Crippen LogP contribution in [-0.4, -0.2) is 38.1 Å². The molecule has 0 radical (unpaired) electrons. The third kappa shape index (κ3) is 3.16. The van der Waals surface area contributed by atoms with Crippen molar-refractivity contribution in [1.82, 2.24) is 9.55 Å². The fourth-order valence-electron chi connectivity index (χ4n) is 3.00. The van der Waals surface area contributed by atoms with Crippen LogP contribution in [0.25, 0.3) is 0 Å². The van der Waals surface area contributed by atoms with Crippen molar-refractivity contribution in [2.75, 3.05) is 0 Å². The average molecular weight is 312 g/mol. The lowest BCUT2D eigenvalue weighted by Crippen LogP contribution is -2.37. The molecule has 3 N–H and O–H groups in total. The summed E-state index contributed by atoms with van der Waals surface area (Å²) in [6.45, 7) is 4.16. The van der Waals surface area contributed by atoms with Crippen molar-refractivity contribution in [3.05, 3.63) is 32.6 Å². The Morgan fingerprint density at radius 2 is 2.05 bits per heavy atom. The molecular formula is C15H24N2O5. The number of rotatable bonds is 5. The lowest BCUT2D eigenvalue weighted by molar-refractivity contribution is -0.00568. The molecule has 1 aromatic heterocycles. The predicted molar refractivity (Wildman–Crippen MR) is 80.6 cm³/mol. The molecule has 0 bridgehead atoms. The molecule has 0 amide bonds. The third-order valence-electron chi connectivity index (χ3n) is 4.29. The Labute approximate surface area is 128 Å². The number of ether oxygens (including phenoxy) is 1. The maximum absolute atomic E-state index is 12.1. The van der Waals surface area contributed by atoms with Gasteiger partial charge in [-0.3, -0.25) is 9.36 Å². The minimum absolute atomic E-state index is 0.152. The number of aromatic amines is 1. The summed E-state index contributed by atoms with van der Waals surface area (Å²) < 4.78 is 6.65. The molecule has 1 aromatic rings. The quantitative estimate of drug-likeness (QED) is 0.713. The molecule has 7 nitrogen and oxygen atoms in total. The second kappa shape index (κ2) is 6.76. The van der Waals surface area contributed by atoms with Crippen molar-refractivity contribution >= 4 is 0 Å². The van der Waals surface area contributed by atoms with Gasteiger partial charge in [0.25, 0.3) is 5.56 Å². The molecule has 2 unspecified atom stereocenters. The van der Waals surface area contributed by atoms with E-state index in [-0.39, 0.29) is 5.56 Å². The van der Waals surface area contributed by atoms with Gasteiger partial charge in [-0.15, -0.1) is 0 Å². The van der Waals surface area contributed by atoms with Gasteiger partial charge in [-0.05, 0) is 12.3 Å². The molecule has 5 atom stereocenters. The van der Waals surface area contributed by atoms with Gasteiger partial charge >= 0.3 is 5.69 Å². The number of hydrogen-bond acceptors (Lipinski definition) is 5. The Morgan fingerprint density at radius 1 is 1.36 bits per heavy atom. The van der Waals surface area contributed by atoms with E-state index >= 15 is 0 Å². The number of hydrogen-bond donors (Lipinski definition) is 3. The van der Waals surface area contributed by atoms with Gasteiger partial charge in [-0.2, -0.15) is 0 Å². The van der Waals surface area contributed by atoms with E-state index in [1.807, 2.05) is 0 Å². The van der Waals surface area contributed by atoms with E-state index in [1.165, 1.54) is 13.2 Å². The van der Waals surface area contributed by atoms with E-state index in [1.54, 1.807) is 0 Å². The minimum atomic E-state index is -1.18. The number of aliphatic hydroxyl groups is 2. The number of aliphatic hydroxyl groups excluding tert-OH is 2. The highest BCUT2D eigenvalue weighted by Gasteiger charge is 2.44. The van der Waals surface area contributed by atoms with Crippen molar-refractivity contribution < 1.29 is 14.9 Å². The van der Waals surface area contributed by atoms with E-state index in [0.717, 1.165) is 17.4 Å². The molecule has 0 saturated carbocycles. The van der Waals surface area contributed by atoms with E-state index < -0.39 is 35.7 Å². The molecule has 2 rings (SSSR count). The van der Waals surface area contributed by atoms with E-state index in [0.29, 0.717) is 12.3 Å². The van der Waals surface area contributed by atoms with Crippen LogP contribution in [0.1, 0.15) is 44.8 Å². The molecule has 2 heterocycles. The van der Waals surface area contributed by atoms with E-state index in [4.69, 9.17) is 4.74 Å². The third-order valence-corrected chi connectivity index (χ3v) is 4.29. The first kappa shape index (κ1) is 16.9. The SMILES string of the molecule is CCCC(C)C[C@H]1OC(c2c[nH]c(=O)n(C)c2=O)[C@H](O)[C@@H]1O. The Kier molecular flexibility index (Phi) is 5.20. The summed E-state index contributed by atoms with van der Waals surface area (Å²) in [5, 5.41) is 20.4. The molecular weight excluding hydrogens is 288 g/mol. The van der Waals surface area contributed by atoms with Crippen LogP contribution < -0.4 is 11.2 Å². The Bertz CT molecular complexity index is 623. The topological polar surface area (TPSA) is 105 Å². The van der Waals surface area contributed by atoms with Gasteiger partial charge in [0.1, 0.15) is 18.3 Å². The predicted octanol–water partition coefficient (Wildman–Crippen LogP) is 0.0616. The molecule has 124 valence electrons. The lowest BCUT2D eigenvalue weighted by Gasteiger charge is -2.18. The van der Waals surface area contributed by atoms with Crippen molar-refractivity contribution in [1.29, 1.82) is 0 Å². The molecule has 1 fully saturated rings. The number of H-pyrrole nitrogens is 1. The Morgan fingerprint density at radius 3 is 2.68 bits per heavy atom. The molecule has 7 heteroatoms. The van der Waals surface area contributed by atoms with Crippen molar-refractivity contribution in [3.8, 4) is 0 Å². The van der Waals surface area contributed by atoms with Crippen LogP contribution in [0, 0.1) is 5.92 Å². The molecule has 0 aliphatic carbocycles. The Hall–Kier alpha value is -1.44. The molecule has 22 heavy (non-hydrogen) atoms. The van der Waals surface area contributed by atoms with Crippen LogP contribution in [0.4, 0.5) is 0 Å². The normalized spacial score (nSPS) is 29.7. The summed E-state index contributed by atoms with van der Waals surface area (Å²) in [6, 6.07) is 0. The van der Waals surface area contributed by atoms with Gasteiger partial charge in [-0.1, -0.05) is 26.7 Å². The lowest BCUT2D eigenvalue weighted by atomic mass is 9.95. The number of nitrogens with zero attached hydrogens (tertiary/aromatic N) is 1. The first-order valence-electron chi connectivity index (χ1n) is 7.67. The van der Waals surface area contributed by atoms with E-state index in [2.05, 4.69) is 18.8 Å². The zero-order chi connectivity index (χ0) is 16.4. The molecule has 0 aromatic carbocycles. The smallest absolute Gasteiger partial charge is 0.328 e. The fraction of sp³-hybridized carbons (Fsp3) is 0.733. The van der Waals surface area contributed by atoms with Gasteiger partial charge in [-0.25, -0.2) is 4.79 Å². The van der Waals surface area contributed by atoms with Gasteiger partial charge in [0.2, 0.25) is 0 Å². The first-order chi connectivity index (χ1) is 10.4. The van der Waals surface area contributed by atoms with Crippen LogP contribution in [0.5, 0.6) is 0 Å². The zero-order valence-electron chi connectivity index (χ0n) is 13.2. The van der Waals surface area contributed by atoms with Crippen molar-refractivity contribution in [3.63, 3.8) is 0 Å². The standard InChI is InChI=1S/C15H24N2O5/c1-4-5-8(2)6-10-11(18)12(19)13(22-10)9-7-16-15(21)17(3)14(9)20/h7-8,10-13,18-19H,4-6H2,1-3H3,(H,16,21)/t8?,10-,11-,12-,13?/m1/s1. The second-order valence-corrected chi connectivity index (χ2v) is 6.12. The summed E-state index contributed by atoms with van der Waals surface area (Å²) in [7, 11) is 1.35. The largest absolute Gasteiger partial charge is 0.388 e. The summed E-state index contributed by atoms with van der Waals surface area (Å²) in [4.78, 5) is 26.0. The summed E-state index contributed by atoms with van der Waals surface area (Å²) in [5.74, 6) is 0.356. The second-order valence-electron chi connectivity index (χ2n) is 6.12. The average Bonchev–Trinajstić information content (AvgIpc) is 2.74. The highest BCUT2D eigenvalue weighted by molar-refractivity contribution is 5.14. The zero-order valence-corrected chi connectivity index (χ0v) is 13.2. The van der Waals surface area contributed by atoms with Crippen molar-refractivity contribution in [2.45, 2.75) is 57.5 Å². The number of nitrogens with one attached hydrogen (secondary N) is 1. The van der Waals surface area contributed by atoms with Gasteiger partial charge in [0.05, 0.1) is 11.7 Å². The van der Waals surface area contributed by atoms with Gasteiger partial charge in [0, 0.05) is 13.2 Å². The molecule has 1 aliphatic heterocycles. The van der Waals surface area contributed by atoms with Crippen LogP contribution in [0.2, 0.25) is 0 Å². The van der Waals surface area contributed by atoms with Crippen molar-refractivity contribution in [2.24, 2.45) is 13.0 Å². The summed E-state index contributed by atoms with van der Waals surface area (Å²) in [6.07, 6.45) is 0.250. The molecule has 1 saturated heterocycles. The molecule has 1 aliphatic rings. The summed E-state index contributed by atoms with van der Waals surface area (Å²) >= 11 is 0.